The van der Waals surface area contributed by atoms with Crippen LogP contribution >= 0.6 is 11.3 Å². The Morgan fingerprint density at radius 3 is 2.56 bits per heavy atom. The van der Waals surface area contributed by atoms with Gasteiger partial charge in [-0.1, -0.05) is 12.1 Å². The minimum atomic E-state index is -0.312. The molecule has 3 aromatic rings. The van der Waals surface area contributed by atoms with Crippen molar-refractivity contribution in [1.29, 1.82) is 0 Å². The number of ketones is 1. The van der Waals surface area contributed by atoms with Gasteiger partial charge in [-0.3, -0.25) is 9.69 Å². The van der Waals surface area contributed by atoms with Crippen molar-refractivity contribution in [3.63, 3.8) is 0 Å². The number of hydrogen-bond acceptors (Lipinski definition) is 4. The van der Waals surface area contributed by atoms with Crippen molar-refractivity contribution in [3.8, 4) is 0 Å². The van der Waals surface area contributed by atoms with Crippen LogP contribution < -0.4 is 0 Å². The molecule has 5 heteroatoms. The van der Waals surface area contributed by atoms with Crippen molar-refractivity contribution in [2.75, 3.05) is 19.6 Å². The normalized spacial score (nSPS) is 16.4. The molecule has 0 unspecified atom stereocenters. The number of carbonyl (C=O) groups is 1. The summed E-state index contributed by atoms with van der Waals surface area (Å²) >= 11 is 1.79. The summed E-state index contributed by atoms with van der Waals surface area (Å²) < 4.78 is 14.2. The molecule has 0 N–H and O–H groups in total. The molecule has 0 saturated carbocycles. The maximum Gasteiger partial charge on any atom is 0.176 e. The molecule has 0 atom stereocenters. The Hall–Kier alpha value is -2.11. The minimum absolute atomic E-state index is 0.0541. The highest BCUT2D eigenvalue weighted by molar-refractivity contribution is 7.18. The molecular weight excluding hydrogens is 335 g/mol. The van der Waals surface area contributed by atoms with Crippen LogP contribution in [0, 0.1) is 5.82 Å². The molecule has 1 aliphatic heterocycles. The molecule has 2 heterocycles. The van der Waals surface area contributed by atoms with Crippen LogP contribution in [0.25, 0.3) is 10.2 Å². The summed E-state index contributed by atoms with van der Waals surface area (Å²) in [6, 6.07) is 14.1. The largest absolute Gasteiger partial charge is 0.296 e. The average Bonchev–Trinajstić information content (AvgIpc) is 3.07. The van der Waals surface area contributed by atoms with E-state index in [1.807, 2.05) is 12.1 Å². The predicted octanol–water partition coefficient (Wildman–Crippen LogP) is 4.50. The Bertz CT molecular complexity index is 849. The van der Waals surface area contributed by atoms with Gasteiger partial charge in [-0.15, -0.1) is 11.3 Å². The van der Waals surface area contributed by atoms with Crippen molar-refractivity contribution in [2.45, 2.75) is 18.8 Å². The number of piperidine rings is 1. The smallest absolute Gasteiger partial charge is 0.176 e. The fraction of sp³-hybridized carbons (Fsp3) is 0.300. The number of benzene rings is 2. The topological polar surface area (TPSA) is 33.2 Å². The van der Waals surface area contributed by atoms with Gasteiger partial charge in [0.25, 0.3) is 0 Å². The van der Waals surface area contributed by atoms with Crippen molar-refractivity contribution < 1.29 is 9.18 Å². The third-order valence-electron chi connectivity index (χ3n) is 4.78. The quantitative estimate of drug-likeness (QED) is 0.647. The number of aromatic nitrogens is 1. The third-order valence-corrected chi connectivity index (χ3v) is 5.98. The number of Topliss-reactive ketones (excluding diaryl/α,β-unsaturated/α-hetero) is 1. The molecule has 2 aromatic carbocycles. The van der Waals surface area contributed by atoms with Crippen molar-refractivity contribution in [1.82, 2.24) is 9.88 Å². The number of thiazole rings is 1. The number of rotatable bonds is 4. The van der Waals surface area contributed by atoms with Gasteiger partial charge in [-0.2, -0.15) is 0 Å². The van der Waals surface area contributed by atoms with Gasteiger partial charge in [0.1, 0.15) is 5.82 Å². The van der Waals surface area contributed by atoms with Crippen LogP contribution in [0.2, 0.25) is 0 Å². The number of para-hydroxylation sites is 1. The van der Waals surface area contributed by atoms with Crippen LogP contribution in [-0.2, 0) is 0 Å². The summed E-state index contributed by atoms with van der Waals surface area (Å²) in [7, 11) is 0. The Balaban J connectivity index is 1.36. The first-order valence-corrected chi connectivity index (χ1v) is 9.37. The Morgan fingerprint density at radius 1 is 1.12 bits per heavy atom. The maximum absolute atomic E-state index is 13.0. The van der Waals surface area contributed by atoms with E-state index in [0.29, 0.717) is 18.0 Å². The van der Waals surface area contributed by atoms with Crippen LogP contribution in [0.15, 0.2) is 48.5 Å². The van der Waals surface area contributed by atoms with E-state index in [-0.39, 0.29) is 11.6 Å². The van der Waals surface area contributed by atoms with Crippen molar-refractivity contribution in [3.05, 3.63) is 64.9 Å². The van der Waals surface area contributed by atoms with E-state index in [2.05, 4.69) is 17.0 Å². The minimum Gasteiger partial charge on any atom is -0.296 e. The molecule has 0 spiro atoms. The number of halogens is 1. The molecule has 0 amide bonds. The molecule has 0 bridgehead atoms. The van der Waals surface area contributed by atoms with Crippen LogP contribution in [0.4, 0.5) is 4.39 Å². The van der Waals surface area contributed by atoms with E-state index < -0.39 is 0 Å². The molecule has 0 aliphatic carbocycles. The van der Waals surface area contributed by atoms with Crippen molar-refractivity contribution >= 4 is 27.3 Å². The SMILES string of the molecule is O=C(CN1CCC(c2nc3ccccc3s2)CC1)c1ccc(F)cc1. The Labute approximate surface area is 150 Å². The van der Waals surface area contributed by atoms with Gasteiger partial charge < -0.3 is 0 Å². The number of carbonyl (C=O) groups excluding carboxylic acids is 1. The molecular formula is C20H19FN2OS. The van der Waals surface area contributed by atoms with Crippen LogP contribution in [0.5, 0.6) is 0 Å². The fourth-order valence-corrected chi connectivity index (χ4v) is 4.47. The van der Waals surface area contributed by atoms with Crippen molar-refractivity contribution in [2.24, 2.45) is 0 Å². The zero-order valence-electron chi connectivity index (χ0n) is 13.8. The van der Waals surface area contributed by atoms with Crippen LogP contribution in [0.3, 0.4) is 0 Å². The van der Waals surface area contributed by atoms with Gasteiger partial charge in [0, 0.05) is 11.5 Å². The second-order valence-corrected chi connectivity index (χ2v) is 7.56. The fourth-order valence-electron chi connectivity index (χ4n) is 3.33. The van der Waals surface area contributed by atoms with Gasteiger partial charge in [-0.05, 0) is 62.3 Å². The first kappa shape index (κ1) is 16.4. The van der Waals surface area contributed by atoms with Gasteiger partial charge in [0.15, 0.2) is 5.78 Å². The molecule has 128 valence electrons. The number of nitrogens with zero attached hydrogens (tertiary/aromatic N) is 2. The number of fused-ring (bicyclic) bond motifs is 1. The summed E-state index contributed by atoms with van der Waals surface area (Å²) in [6.07, 6.45) is 2.05. The van der Waals surface area contributed by atoms with E-state index >= 15 is 0 Å². The Kier molecular flexibility index (Phi) is 4.59. The summed E-state index contributed by atoms with van der Waals surface area (Å²) in [5.74, 6) is 0.223. The summed E-state index contributed by atoms with van der Waals surface area (Å²) in [5, 5.41) is 1.21. The summed E-state index contributed by atoms with van der Waals surface area (Å²) in [4.78, 5) is 19.3. The van der Waals surface area contributed by atoms with E-state index in [9.17, 15) is 9.18 Å². The highest BCUT2D eigenvalue weighted by Gasteiger charge is 2.24. The first-order valence-electron chi connectivity index (χ1n) is 8.55. The standard InChI is InChI=1S/C20H19FN2OS/c21-16-7-5-14(6-8-16)18(24)13-23-11-9-15(10-12-23)20-22-17-3-1-2-4-19(17)25-20/h1-8,15H,9-13H2. The van der Waals surface area contributed by atoms with E-state index in [1.54, 1.807) is 23.5 Å². The lowest BCUT2D eigenvalue weighted by Gasteiger charge is -2.30. The van der Waals surface area contributed by atoms with Gasteiger partial charge in [0.2, 0.25) is 0 Å². The lowest BCUT2D eigenvalue weighted by Crippen LogP contribution is -2.36. The monoisotopic (exact) mass is 354 g/mol. The second-order valence-electron chi connectivity index (χ2n) is 6.50. The average molecular weight is 354 g/mol. The highest BCUT2D eigenvalue weighted by atomic mass is 32.1. The number of hydrogen-bond donors (Lipinski definition) is 0. The zero-order valence-corrected chi connectivity index (χ0v) is 14.6. The zero-order chi connectivity index (χ0) is 17.2. The van der Waals surface area contributed by atoms with Gasteiger partial charge >= 0.3 is 0 Å². The molecule has 1 aliphatic rings. The third kappa shape index (κ3) is 3.62. The summed E-state index contributed by atoms with van der Waals surface area (Å²) in [6.45, 7) is 2.19. The predicted molar refractivity (Wildman–Crippen MR) is 98.8 cm³/mol. The molecule has 3 nitrogen and oxygen atoms in total. The van der Waals surface area contributed by atoms with E-state index in [0.717, 1.165) is 31.4 Å². The van der Waals surface area contributed by atoms with Crippen LogP contribution in [0.1, 0.15) is 34.1 Å². The summed E-state index contributed by atoms with van der Waals surface area (Å²) in [5.41, 5.74) is 1.66. The molecule has 1 saturated heterocycles. The highest BCUT2D eigenvalue weighted by Crippen LogP contribution is 2.33. The van der Waals surface area contributed by atoms with Gasteiger partial charge in [-0.25, -0.2) is 9.37 Å². The molecule has 25 heavy (non-hydrogen) atoms. The van der Waals surface area contributed by atoms with Crippen LogP contribution in [-0.4, -0.2) is 35.3 Å². The van der Waals surface area contributed by atoms with E-state index in [4.69, 9.17) is 4.98 Å². The molecule has 1 fully saturated rings. The maximum atomic E-state index is 13.0. The number of likely N-dealkylation sites (tertiary alicyclic amines) is 1. The van der Waals surface area contributed by atoms with E-state index in [1.165, 1.54) is 21.8 Å². The molecule has 4 rings (SSSR count). The Morgan fingerprint density at radius 2 is 1.84 bits per heavy atom. The molecule has 1 aromatic heterocycles. The lowest BCUT2D eigenvalue weighted by atomic mass is 9.97. The molecule has 0 radical (unpaired) electrons. The first-order chi connectivity index (χ1) is 12.2. The second kappa shape index (κ2) is 7.02. The lowest BCUT2D eigenvalue weighted by molar-refractivity contribution is 0.0909. The van der Waals surface area contributed by atoms with Gasteiger partial charge in [0.05, 0.1) is 21.8 Å².